The summed E-state index contributed by atoms with van der Waals surface area (Å²) in [5.74, 6) is 0.00463. The summed E-state index contributed by atoms with van der Waals surface area (Å²) in [6.07, 6.45) is 1.39. The summed E-state index contributed by atoms with van der Waals surface area (Å²) in [4.78, 5) is 26.0. The second kappa shape index (κ2) is 5.98. The van der Waals surface area contributed by atoms with Crippen LogP contribution in [0.5, 0.6) is 0 Å². The van der Waals surface area contributed by atoms with Crippen LogP contribution >= 0.6 is 23.8 Å². The first-order chi connectivity index (χ1) is 11.0. The highest BCUT2D eigenvalue weighted by atomic mass is 35.5. The molecule has 2 heterocycles. The zero-order chi connectivity index (χ0) is 16.6. The molecule has 5 nitrogen and oxygen atoms in total. The minimum absolute atomic E-state index is 0.00930. The molecule has 1 aromatic heterocycles. The van der Waals surface area contributed by atoms with Crippen LogP contribution < -0.4 is 10.2 Å². The number of furan rings is 1. The highest BCUT2D eigenvalue weighted by Gasteiger charge is 2.34. The minimum atomic E-state index is -0.563. The molecule has 0 radical (unpaired) electrons. The maximum absolute atomic E-state index is 12.7. The lowest BCUT2D eigenvalue weighted by molar-refractivity contribution is -0.122. The fourth-order valence-corrected chi connectivity index (χ4v) is 2.65. The Bertz CT molecular complexity index is 857. The first-order valence-corrected chi connectivity index (χ1v) is 7.48. The van der Waals surface area contributed by atoms with Crippen molar-refractivity contribution < 1.29 is 14.0 Å². The first kappa shape index (κ1) is 15.5. The fourth-order valence-electron chi connectivity index (χ4n) is 2.18. The van der Waals surface area contributed by atoms with Crippen molar-refractivity contribution in [1.29, 1.82) is 0 Å². The van der Waals surface area contributed by atoms with Crippen LogP contribution in [0.3, 0.4) is 0 Å². The second-order valence-corrected chi connectivity index (χ2v) is 5.71. The summed E-state index contributed by atoms with van der Waals surface area (Å²) in [7, 11) is 0. The number of halogens is 1. The third kappa shape index (κ3) is 3.04. The molecule has 2 aromatic rings. The molecule has 2 amide bonds. The van der Waals surface area contributed by atoms with Gasteiger partial charge in [0.1, 0.15) is 17.1 Å². The summed E-state index contributed by atoms with van der Waals surface area (Å²) in [5.41, 5.74) is 0.418. The Morgan fingerprint density at radius 1 is 1.26 bits per heavy atom. The lowest BCUT2D eigenvalue weighted by atomic mass is 10.1. The van der Waals surface area contributed by atoms with Gasteiger partial charge in [-0.3, -0.25) is 19.8 Å². The van der Waals surface area contributed by atoms with Gasteiger partial charge in [0.2, 0.25) is 0 Å². The van der Waals surface area contributed by atoms with E-state index < -0.39 is 11.8 Å². The average molecular weight is 347 g/mol. The molecule has 1 N–H and O–H groups in total. The molecule has 116 valence electrons. The Morgan fingerprint density at radius 2 is 2.04 bits per heavy atom. The molecule has 0 atom stereocenters. The van der Waals surface area contributed by atoms with Crippen LogP contribution in [0.15, 0.2) is 46.4 Å². The van der Waals surface area contributed by atoms with Crippen molar-refractivity contribution in [1.82, 2.24) is 5.32 Å². The summed E-state index contributed by atoms with van der Waals surface area (Å²) in [5, 5.41) is 2.97. The molecule has 0 saturated carbocycles. The van der Waals surface area contributed by atoms with E-state index in [9.17, 15) is 9.59 Å². The lowest BCUT2D eigenvalue weighted by Crippen LogP contribution is -2.54. The highest BCUT2D eigenvalue weighted by molar-refractivity contribution is 7.80. The van der Waals surface area contributed by atoms with E-state index >= 15 is 0 Å². The third-order valence-corrected chi connectivity index (χ3v) is 3.74. The summed E-state index contributed by atoms with van der Waals surface area (Å²) in [6, 6.07) is 10.1. The first-order valence-electron chi connectivity index (χ1n) is 6.69. The molecule has 0 unspecified atom stereocenters. The Hall–Kier alpha value is -2.44. The standard InChI is InChI=1S/C16H11ClN2O3S/c1-9-5-6-12(22-9)8-13-14(20)18-16(23)19(15(13)21)11-4-2-3-10(17)7-11/h2-8H,1H3,(H,18,20,23)/b13-8-. The van der Waals surface area contributed by atoms with Crippen LogP contribution in [0, 0.1) is 6.92 Å². The average Bonchev–Trinajstić information content (AvgIpc) is 2.89. The number of thiocarbonyl (C=S) groups is 1. The van der Waals surface area contributed by atoms with Crippen molar-refractivity contribution in [3.63, 3.8) is 0 Å². The Balaban J connectivity index is 2.02. The zero-order valence-corrected chi connectivity index (χ0v) is 13.6. The van der Waals surface area contributed by atoms with E-state index in [-0.39, 0.29) is 10.7 Å². The SMILES string of the molecule is Cc1ccc(/C=C2/C(=O)NC(=S)N(c3cccc(Cl)c3)C2=O)o1. The molecular formula is C16H11ClN2O3S. The van der Waals surface area contributed by atoms with Crippen molar-refractivity contribution in [3.8, 4) is 0 Å². The van der Waals surface area contributed by atoms with E-state index in [2.05, 4.69) is 5.32 Å². The predicted molar refractivity (Wildman–Crippen MR) is 91.1 cm³/mol. The van der Waals surface area contributed by atoms with E-state index in [0.29, 0.717) is 22.2 Å². The van der Waals surface area contributed by atoms with Gasteiger partial charge in [0, 0.05) is 5.02 Å². The van der Waals surface area contributed by atoms with E-state index in [4.69, 9.17) is 28.2 Å². The van der Waals surface area contributed by atoms with E-state index in [1.165, 1.54) is 11.0 Å². The second-order valence-electron chi connectivity index (χ2n) is 4.89. The maximum atomic E-state index is 12.7. The fraction of sp³-hybridized carbons (Fsp3) is 0.0625. The number of hydrogen-bond donors (Lipinski definition) is 1. The van der Waals surface area contributed by atoms with Crippen molar-refractivity contribution >= 4 is 52.5 Å². The van der Waals surface area contributed by atoms with Gasteiger partial charge in [0.05, 0.1) is 5.69 Å². The monoisotopic (exact) mass is 346 g/mol. The molecule has 23 heavy (non-hydrogen) atoms. The summed E-state index contributed by atoms with van der Waals surface area (Å²) >= 11 is 11.1. The number of carbonyl (C=O) groups is 2. The van der Waals surface area contributed by atoms with Gasteiger partial charge in [0.15, 0.2) is 5.11 Å². The van der Waals surface area contributed by atoms with Crippen molar-refractivity contribution in [2.24, 2.45) is 0 Å². The van der Waals surface area contributed by atoms with Crippen LogP contribution in [0.1, 0.15) is 11.5 Å². The van der Waals surface area contributed by atoms with Gasteiger partial charge in [0.25, 0.3) is 11.8 Å². The molecular weight excluding hydrogens is 336 g/mol. The van der Waals surface area contributed by atoms with Gasteiger partial charge in [-0.05, 0) is 55.5 Å². The molecule has 7 heteroatoms. The Morgan fingerprint density at radius 3 is 2.70 bits per heavy atom. The number of nitrogens with zero attached hydrogens (tertiary/aromatic N) is 1. The van der Waals surface area contributed by atoms with Gasteiger partial charge < -0.3 is 4.42 Å². The minimum Gasteiger partial charge on any atom is -0.462 e. The number of hydrogen-bond acceptors (Lipinski definition) is 4. The molecule has 0 aliphatic carbocycles. The van der Waals surface area contributed by atoms with E-state index in [1.807, 2.05) is 0 Å². The van der Waals surface area contributed by atoms with Crippen molar-refractivity contribution in [2.45, 2.75) is 6.92 Å². The molecule has 0 spiro atoms. The molecule has 3 rings (SSSR count). The van der Waals surface area contributed by atoms with E-state index in [1.54, 1.807) is 43.3 Å². The van der Waals surface area contributed by atoms with Gasteiger partial charge >= 0.3 is 0 Å². The van der Waals surface area contributed by atoms with Crippen molar-refractivity contribution in [3.05, 3.63) is 58.5 Å². The van der Waals surface area contributed by atoms with Gasteiger partial charge in [-0.15, -0.1) is 0 Å². The maximum Gasteiger partial charge on any atom is 0.270 e. The number of amides is 2. The van der Waals surface area contributed by atoms with Crippen LogP contribution in [0.2, 0.25) is 5.02 Å². The topological polar surface area (TPSA) is 62.6 Å². The zero-order valence-electron chi connectivity index (χ0n) is 12.0. The molecule has 1 aromatic carbocycles. The van der Waals surface area contributed by atoms with Crippen LogP contribution in [0.4, 0.5) is 5.69 Å². The highest BCUT2D eigenvalue weighted by Crippen LogP contribution is 2.24. The number of nitrogens with one attached hydrogen (secondary N) is 1. The largest absolute Gasteiger partial charge is 0.462 e. The molecule has 1 aliphatic heterocycles. The summed E-state index contributed by atoms with van der Waals surface area (Å²) in [6.45, 7) is 1.78. The van der Waals surface area contributed by atoms with Gasteiger partial charge in [-0.25, -0.2) is 0 Å². The molecule has 1 saturated heterocycles. The van der Waals surface area contributed by atoms with Crippen molar-refractivity contribution in [2.75, 3.05) is 4.90 Å². The molecule has 0 bridgehead atoms. The third-order valence-electron chi connectivity index (χ3n) is 3.22. The van der Waals surface area contributed by atoms with Crippen LogP contribution in [-0.4, -0.2) is 16.9 Å². The normalized spacial score (nSPS) is 16.9. The smallest absolute Gasteiger partial charge is 0.270 e. The number of benzene rings is 1. The van der Waals surface area contributed by atoms with E-state index in [0.717, 1.165) is 0 Å². The lowest BCUT2D eigenvalue weighted by Gasteiger charge is -2.28. The number of aryl methyl sites for hydroxylation is 1. The number of anilines is 1. The molecule has 1 fully saturated rings. The van der Waals surface area contributed by atoms with Gasteiger partial charge in [-0.2, -0.15) is 0 Å². The number of carbonyl (C=O) groups excluding carboxylic acids is 2. The Kier molecular flexibility index (Phi) is 4.02. The molecule has 1 aliphatic rings. The number of rotatable bonds is 2. The Labute approximate surface area is 142 Å². The predicted octanol–water partition coefficient (Wildman–Crippen LogP) is 3.07. The van der Waals surface area contributed by atoms with Crippen LogP contribution in [0.25, 0.3) is 6.08 Å². The van der Waals surface area contributed by atoms with Crippen LogP contribution in [-0.2, 0) is 9.59 Å². The van der Waals surface area contributed by atoms with Gasteiger partial charge in [-0.1, -0.05) is 17.7 Å². The quantitative estimate of drug-likeness (QED) is 0.515. The summed E-state index contributed by atoms with van der Waals surface area (Å²) < 4.78 is 5.39.